The van der Waals surface area contributed by atoms with E-state index in [1.807, 2.05) is 22.9 Å². The van der Waals surface area contributed by atoms with Crippen molar-refractivity contribution in [2.45, 2.75) is 57.7 Å². The predicted molar refractivity (Wildman–Crippen MR) is 119 cm³/mol. The average molecular weight is 437 g/mol. The number of nitrogens with zero attached hydrogens (tertiary/aromatic N) is 7. The lowest BCUT2D eigenvalue weighted by atomic mass is 9.80. The highest BCUT2D eigenvalue weighted by Crippen LogP contribution is 2.37. The number of aromatic nitrogens is 7. The molecule has 4 aromatic rings. The van der Waals surface area contributed by atoms with E-state index in [0.717, 1.165) is 23.4 Å². The summed E-state index contributed by atoms with van der Waals surface area (Å²) in [5, 5.41) is 32.6. The number of fused-ring (bicyclic) bond motifs is 1. The molecule has 1 aliphatic heterocycles. The second-order valence-corrected chi connectivity index (χ2v) is 10.2. The first-order chi connectivity index (χ1) is 14.7. The molecule has 0 unspecified atom stereocenters. The number of phenols is 1. The second-order valence-electron chi connectivity index (χ2n) is 9.41. The molecule has 1 aromatic carbocycles. The minimum atomic E-state index is -0.0153. The van der Waals surface area contributed by atoms with Gasteiger partial charge < -0.3 is 10.4 Å². The van der Waals surface area contributed by atoms with E-state index in [-0.39, 0.29) is 22.9 Å². The van der Waals surface area contributed by atoms with Crippen LogP contribution in [0.3, 0.4) is 0 Å². The summed E-state index contributed by atoms with van der Waals surface area (Å²) in [6.45, 7) is 8.83. The highest BCUT2D eigenvalue weighted by Gasteiger charge is 2.39. The van der Waals surface area contributed by atoms with E-state index >= 15 is 0 Å². The maximum Gasteiger partial charge on any atom is 0.201 e. The number of nitrogens with one attached hydrogen (secondary N) is 1. The number of phenolic OH excluding ortho intramolecular Hbond substituents is 1. The zero-order chi connectivity index (χ0) is 21.8. The summed E-state index contributed by atoms with van der Waals surface area (Å²) in [7, 11) is 0. The maximum absolute atomic E-state index is 10.6. The summed E-state index contributed by atoms with van der Waals surface area (Å²) in [4.78, 5) is 4.18. The van der Waals surface area contributed by atoms with E-state index in [0.29, 0.717) is 22.4 Å². The standard InChI is InChI=1S/C21H24N8OS/c1-20(2)9-13(10-21(3,4)27-20)29-18-16(25-28-29)8-15(24-26-18)14-6-5-12(7-17(14)30)19-22-11-23-31-19/h5-8,11,13,27,30H,9-10H2,1-4H3. The van der Waals surface area contributed by atoms with Crippen LogP contribution >= 0.6 is 11.5 Å². The highest BCUT2D eigenvalue weighted by molar-refractivity contribution is 7.09. The summed E-state index contributed by atoms with van der Waals surface area (Å²) >= 11 is 1.28. The molecule has 0 amide bonds. The van der Waals surface area contributed by atoms with Gasteiger partial charge in [-0.15, -0.1) is 15.3 Å². The normalized spacial score (nSPS) is 18.5. The Morgan fingerprint density at radius 3 is 2.52 bits per heavy atom. The van der Waals surface area contributed by atoms with Gasteiger partial charge in [0.25, 0.3) is 0 Å². The van der Waals surface area contributed by atoms with Gasteiger partial charge in [0.05, 0.1) is 11.7 Å². The molecule has 5 rings (SSSR count). The van der Waals surface area contributed by atoms with E-state index < -0.39 is 0 Å². The molecule has 1 fully saturated rings. The quantitative estimate of drug-likeness (QED) is 0.501. The van der Waals surface area contributed by atoms with E-state index in [4.69, 9.17) is 0 Å². The van der Waals surface area contributed by atoms with Crippen LogP contribution in [0.5, 0.6) is 5.75 Å². The van der Waals surface area contributed by atoms with Crippen LogP contribution in [0.2, 0.25) is 0 Å². The summed E-state index contributed by atoms with van der Waals surface area (Å²) < 4.78 is 5.90. The van der Waals surface area contributed by atoms with Gasteiger partial charge in [0.2, 0.25) is 5.65 Å². The van der Waals surface area contributed by atoms with Crippen molar-refractivity contribution in [3.63, 3.8) is 0 Å². The van der Waals surface area contributed by atoms with Gasteiger partial charge in [-0.25, -0.2) is 9.67 Å². The molecule has 0 saturated carbocycles. The van der Waals surface area contributed by atoms with Gasteiger partial charge in [-0.3, -0.25) is 0 Å². The minimum absolute atomic E-state index is 0.0153. The van der Waals surface area contributed by atoms with Gasteiger partial charge in [-0.1, -0.05) is 11.3 Å². The van der Waals surface area contributed by atoms with E-state index in [1.54, 1.807) is 6.07 Å². The van der Waals surface area contributed by atoms with Crippen molar-refractivity contribution >= 4 is 22.7 Å². The number of benzene rings is 1. The van der Waals surface area contributed by atoms with Crippen molar-refractivity contribution < 1.29 is 5.11 Å². The Morgan fingerprint density at radius 1 is 1.06 bits per heavy atom. The first-order valence-electron chi connectivity index (χ1n) is 10.2. The Bertz CT molecular complexity index is 1230. The fourth-order valence-corrected chi connectivity index (χ4v) is 5.27. The van der Waals surface area contributed by atoms with Crippen LogP contribution in [0, 0.1) is 0 Å². The Labute approximate surface area is 183 Å². The summed E-state index contributed by atoms with van der Waals surface area (Å²) in [5.74, 6) is 0.107. The topological polar surface area (TPSA) is 115 Å². The molecule has 2 N–H and O–H groups in total. The number of rotatable bonds is 3. The van der Waals surface area contributed by atoms with Crippen LogP contribution in [-0.4, -0.2) is 50.7 Å². The number of piperidine rings is 1. The monoisotopic (exact) mass is 436 g/mol. The summed E-state index contributed by atoms with van der Waals surface area (Å²) in [6.07, 6.45) is 3.34. The predicted octanol–water partition coefficient (Wildman–Crippen LogP) is 3.59. The Hall–Kier alpha value is -2.98. The molecule has 0 spiro atoms. The van der Waals surface area contributed by atoms with Crippen LogP contribution < -0.4 is 5.32 Å². The van der Waals surface area contributed by atoms with Crippen molar-refractivity contribution in [1.29, 1.82) is 0 Å². The van der Waals surface area contributed by atoms with Crippen LogP contribution in [0.25, 0.3) is 33.0 Å². The molecule has 0 radical (unpaired) electrons. The van der Waals surface area contributed by atoms with Crippen LogP contribution in [0.4, 0.5) is 0 Å². The van der Waals surface area contributed by atoms with Crippen LogP contribution in [0.1, 0.15) is 46.6 Å². The van der Waals surface area contributed by atoms with Gasteiger partial charge in [-0.05, 0) is 70.3 Å². The molecule has 160 valence electrons. The van der Waals surface area contributed by atoms with Gasteiger partial charge in [0.1, 0.15) is 22.6 Å². The number of hydrogen-bond acceptors (Lipinski definition) is 9. The zero-order valence-corrected chi connectivity index (χ0v) is 18.7. The molecule has 4 heterocycles. The Kier molecular flexibility index (Phi) is 4.52. The van der Waals surface area contributed by atoms with Gasteiger partial charge >= 0.3 is 0 Å². The van der Waals surface area contributed by atoms with E-state index in [9.17, 15) is 5.11 Å². The SMILES string of the molecule is CC1(C)CC(n2nnc3cc(-c4ccc(-c5ncns5)cc4O)nnc32)CC(C)(C)N1. The maximum atomic E-state index is 10.6. The third kappa shape index (κ3) is 3.77. The third-order valence-electron chi connectivity index (χ3n) is 5.62. The minimum Gasteiger partial charge on any atom is -0.507 e. The third-order valence-corrected chi connectivity index (χ3v) is 6.33. The molecule has 0 bridgehead atoms. The smallest absolute Gasteiger partial charge is 0.201 e. The van der Waals surface area contributed by atoms with Crippen LogP contribution in [-0.2, 0) is 0 Å². The van der Waals surface area contributed by atoms with Crippen molar-refractivity contribution in [2.24, 2.45) is 0 Å². The van der Waals surface area contributed by atoms with Gasteiger partial charge in [-0.2, -0.15) is 4.37 Å². The molecule has 1 aliphatic rings. The average Bonchev–Trinajstić information content (AvgIpc) is 3.35. The molecule has 0 atom stereocenters. The molecule has 31 heavy (non-hydrogen) atoms. The van der Waals surface area contributed by atoms with Crippen LogP contribution in [0.15, 0.2) is 30.6 Å². The lowest BCUT2D eigenvalue weighted by Crippen LogP contribution is -2.58. The number of aromatic hydroxyl groups is 1. The molecular weight excluding hydrogens is 412 g/mol. The fraction of sp³-hybridized carbons (Fsp3) is 0.429. The Morgan fingerprint density at radius 2 is 1.84 bits per heavy atom. The lowest BCUT2D eigenvalue weighted by molar-refractivity contribution is 0.127. The van der Waals surface area contributed by atoms with Crippen molar-refractivity contribution in [2.75, 3.05) is 0 Å². The number of hydrogen-bond donors (Lipinski definition) is 2. The highest BCUT2D eigenvalue weighted by atomic mass is 32.1. The van der Waals surface area contributed by atoms with Crippen molar-refractivity contribution in [1.82, 2.24) is 39.9 Å². The van der Waals surface area contributed by atoms with E-state index in [2.05, 4.69) is 62.9 Å². The Balaban J connectivity index is 1.49. The molecule has 0 aliphatic carbocycles. The second kappa shape index (κ2) is 7.03. The molecule has 9 nitrogen and oxygen atoms in total. The lowest BCUT2D eigenvalue weighted by Gasteiger charge is -2.46. The largest absolute Gasteiger partial charge is 0.507 e. The fourth-order valence-electron chi connectivity index (χ4n) is 4.75. The summed E-state index contributed by atoms with van der Waals surface area (Å²) in [6, 6.07) is 7.36. The van der Waals surface area contributed by atoms with Gasteiger partial charge in [0.15, 0.2) is 0 Å². The molecule has 10 heteroatoms. The first-order valence-corrected chi connectivity index (χ1v) is 11.0. The van der Waals surface area contributed by atoms with Gasteiger partial charge in [0, 0.05) is 22.2 Å². The summed E-state index contributed by atoms with van der Waals surface area (Å²) in [5.41, 5.74) is 3.23. The zero-order valence-electron chi connectivity index (χ0n) is 17.9. The van der Waals surface area contributed by atoms with E-state index in [1.165, 1.54) is 17.9 Å². The van der Waals surface area contributed by atoms with Crippen molar-refractivity contribution in [3.8, 4) is 27.6 Å². The molecule has 3 aromatic heterocycles. The van der Waals surface area contributed by atoms with Crippen molar-refractivity contribution in [3.05, 3.63) is 30.6 Å². The molecule has 1 saturated heterocycles. The molecular formula is C21H24N8OS. The first kappa shape index (κ1) is 20.0.